The number of hydrogen-bond donors (Lipinski definition) is 1. The summed E-state index contributed by atoms with van der Waals surface area (Å²) in [7, 11) is 0. The normalized spacial score (nSPS) is 12.1. The molecule has 1 heterocycles. The van der Waals surface area contributed by atoms with Crippen molar-refractivity contribution in [2.75, 3.05) is 0 Å². The first-order chi connectivity index (χ1) is 11.9. The van der Waals surface area contributed by atoms with Gasteiger partial charge in [-0.25, -0.2) is 14.2 Å². The van der Waals surface area contributed by atoms with E-state index in [0.29, 0.717) is 5.52 Å². The third kappa shape index (κ3) is 3.18. The predicted molar refractivity (Wildman–Crippen MR) is 91.4 cm³/mol. The maximum absolute atomic E-state index is 13.7. The van der Waals surface area contributed by atoms with Gasteiger partial charge in [-0.3, -0.25) is 9.36 Å². The van der Waals surface area contributed by atoms with E-state index in [0.717, 1.165) is 4.57 Å². The summed E-state index contributed by atoms with van der Waals surface area (Å²) in [5.74, 6) is -0.428. The van der Waals surface area contributed by atoms with Crippen LogP contribution in [0, 0.1) is 5.82 Å². The average Bonchev–Trinajstić information content (AvgIpc) is 2.53. The third-order valence-electron chi connectivity index (χ3n) is 3.60. The number of nitrogens with two attached hydrogens (primary N) is 1. The smallest absolute Gasteiger partial charge is 0.405 e. The number of aromatic nitrogens is 2. The van der Waals surface area contributed by atoms with Crippen molar-refractivity contribution in [2.24, 2.45) is 5.73 Å². The number of halogens is 2. The fourth-order valence-corrected chi connectivity index (χ4v) is 2.82. The van der Waals surface area contributed by atoms with Crippen LogP contribution in [0.2, 0.25) is 5.02 Å². The molecular weight excluding hydrogens is 349 g/mol. The van der Waals surface area contributed by atoms with Crippen LogP contribution in [0.1, 0.15) is 18.9 Å². The van der Waals surface area contributed by atoms with Crippen LogP contribution < -0.4 is 11.3 Å². The highest BCUT2D eigenvalue weighted by atomic mass is 35.5. The Morgan fingerprint density at radius 3 is 2.72 bits per heavy atom. The summed E-state index contributed by atoms with van der Waals surface area (Å²) in [6, 6.07) is 10.2. The number of benzene rings is 2. The van der Waals surface area contributed by atoms with Crippen molar-refractivity contribution in [1.29, 1.82) is 0 Å². The predicted octanol–water partition coefficient (Wildman–Crippen LogP) is 3.33. The highest BCUT2D eigenvalue weighted by Crippen LogP contribution is 2.24. The molecule has 25 heavy (non-hydrogen) atoms. The van der Waals surface area contributed by atoms with Crippen LogP contribution in [0.3, 0.4) is 0 Å². The Hall–Kier alpha value is -2.93. The first kappa shape index (κ1) is 16.9. The fraction of sp³-hybridized carbons (Fsp3) is 0.118. The summed E-state index contributed by atoms with van der Waals surface area (Å²) < 4.78 is 19.8. The number of nitrogens with zero attached hydrogens (tertiary/aromatic N) is 2. The maximum Gasteiger partial charge on any atom is 0.405 e. The quantitative estimate of drug-likeness (QED) is 0.775. The van der Waals surface area contributed by atoms with Gasteiger partial charge in [-0.05, 0) is 37.3 Å². The molecule has 0 aliphatic rings. The van der Waals surface area contributed by atoms with Crippen LogP contribution in [-0.4, -0.2) is 15.6 Å². The number of amides is 1. The van der Waals surface area contributed by atoms with E-state index in [-0.39, 0.29) is 21.9 Å². The van der Waals surface area contributed by atoms with Crippen molar-refractivity contribution in [3.05, 3.63) is 69.5 Å². The van der Waals surface area contributed by atoms with Crippen LogP contribution in [0.4, 0.5) is 9.18 Å². The van der Waals surface area contributed by atoms with Gasteiger partial charge in [-0.15, -0.1) is 0 Å². The molecule has 3 rings (SSSR count). The lowest BCUT2D eigenvalue weighted by Gasteiger charge is -2.18. The minimum Gasteiger partial charge on any atom is -0.439 e. The molecular formula is C17H13ClFN3O3. The van der Waals surface area contributed by atoms with Crippen molar-refractivity contribution in [3.63, 3.8) is 0 Å². The standard InChI is InChI=1S/C17H13ClFN3O3/c1-9(25-17(20)24)15-21-13-7-3-6-12(18)14(13)16(23)22(15)11-5-2-4-10(19)8-11/h2-9H,1H3,(H2,20,24)/t9-/m0/s1. The highest BCUT2D eigenvalue weighted by Gasteiger charge is 2.21. The van der Waals surface area contributed by atoms with E-state index in [4.69, 9.17) is 22.1 Å². The Morgan fingerprint density at radius 1 is 1.32 bits per heavy atom. The van der Waals surface area contributed by atoms with Gasteiger partial charge in [0.1, 0.15) is 5.82 Å². The number of carbonyl (C=O) groups is 1. The van der Waals surface area contributed by atoms with Gasteiger partial charge in [-0.1, -0.05) is 23.7 Å². The molecule has 0 spiro atoms. The average molecular weight is 362 g/mol. The number of primary amides is 1. The van der Waals surface area contributed by atoms with E-state index in [1.165, 1.54) is 31.2 Å². The minimum atomic E-state index is -1.02. The third-order valence-corrected chi connectivity index (χ3v) is 3.91. The van der Waals surface area contributed by atoms with Gasteiger partial charge in [0.25, 0.3) is 5.56 Å². The second-order valence-corrected chi connectivity index (χ2v) is 5.71. The lowest BCUT2D eigenvalue weighted by atomic mass is 10.2. The topological polar surface area (TPSA) is 87.2 Å². The van der Waals surface area contributed by atoms with Crippen molar-refractivity contribution in [1.82, 2.24) is 9.55 Å². The molecule has 3 aromatic rings. The maximum atomic E-state index is 13.7. The number of rotatable bonds is 3. The molecule has 0 radical (unpaired) electrons. The lowest BCUT2D eigenvalue weighted by Crippen LogP contribution is -2.27. The van der Waals surface area contributed by atoms with Gasteiger partial charge in [-0.2, -0.15) is 0 Å². The molecule has 0 aliphatic heterocycles. The number of ether oxygens (including phenoxy) is 1. The molecule has 0 unspecified atom stereocenters. The van der Waals surface area contributed by atoms with E-state index in [9.17, 15) is 14.0 Å². The van der Waals surface area contributed by atoms with Crippen LogP contribution in [-0.2, 0) is 4.74 Å². The molecule has 0 saturated carbocycles. The van der Waals surface area contributed by atoms with E-state index >= 15 is 0 Å². The molecule has 0 bridgehead atoms. The molecule has 8 heteroatoms. The first-order valence-electron chi connectivity index (χ1n) is 7.31. The molecule has 6 nitrogen and oxygen atoms in total. The summed E-state index contributed by atoms with van der Waals surface area (Å²) in [5.41, 5.74) is 5.12. The van der Waals surface area contributed by atoms with E-state index in [1.807, 2.05) is 0 Å². The Balaban J connectivity index is 2.38. The SMILES string of the molecule is C[C@H](OC(N)=O)c1nc2cccc(Cl)c2c(=O)n1-c1cccc(F)c1. The molecule has 2 aromatic carbocycles. The summed E-state index contributed by atoms with van der Waals surface area (Å²) in [6.07, 6.45) is -1.95. The van der Waals surface area contributed by atoms with Gasteiger partial charge in [0.05, 0.1) is 21.6 Å². The summed E-state index contributed by atoms with van der Waals surface area (Å²) >= 11 is 6.14. The molecule has 1 aromatic heterocycles. The molecule has 1 amide bonds. The molecule has 128 valence electrons. The largest absolute Gasteiger partial charge is 0.439 e. The van der Waals surface area contributed by atoms with Gasteiger partial charge < -0.3 is 10.5 Å². The van der Waals surface area contributed by atoms with E-state index in [1.54, 1.807) is 18.2 Å². The molecule has 0 saturated heterocycles. The Labute approximate surface area is 146 Å². The second kappa shape index (κ2) is 6.52. The fourth-order valence-electron chi connectivity index (χ4n) is 2.57. The van der Waals surface area contributed by atoms with Gasteiger partial charge in [0, 0.05) is 0 Å². The summed E-state index contributed by atoms with van der Waals surface area (Å²) in [4.78, 5) is 28.5. The van der Waals surface area contributed by atoms with Crippen LogP contribution in [0.15, 0.2) is 47.3 Å². The van der Waals surface area contributed by atoms with Gasteiger partial charge in [0.15, 0.2) is 11.9 Å². The zero-order valence-electron chi connectivity index (χ0n) is 13.1. The summed E-state index contributed by atoms with van der Waals surface area (Å²) in [6.45, 7) is 1.51. The zero-order valence-corrected chi connectivity index (χ0v) is 13.8. The van der Waals surface area contributed by atoms with Gasteiger partial charge >= 0.3 is 6.09 Å². The van der Waals surface area contributed by atoms with E-state index in [2.05, 4.69) is 4.98 Å². The number of carbonyl (C=O) groups excluding carboxylic acids is 1. The second-order valence-electron chi connectivity index (χ2n) is 5.30. The van der Waals surface area contributed by atoms with Crippen molar-refractivity contribution < 1.29 is 13.9 Å². The van der Waals surface area contributed by atoms with Gasteiger partial charge in [0.2, 0.25) is 0 Å². The lowest BCUT2D eigenvalue weighted by molar-refractivity contribution is 0.110. The van der Waals surface area contributed by atoms with Crippen molar-refractivity contribution in [2.45, 2.75) is 13.0 Å². The van der Waals surface area contributed by atoms with Crippen LogP contribution in [0.5, 0.6) is 0 Å². The number of fused-ring (bicyclic) bond motifs is 1. The highest BCUT2D eigenvalue weighted by molar-refractivity contribution is 6.35. The first-order valence-corrected chi connectivity index (χ1v) is 7.69. The molecule has 2 N–H and O–H groups in total. The monoisotopic (exact) mass is 361 g/mol. The number of hydrogen-bond acceptors (Lipinski definition) is 4. The minimum absolute atomic E-state index is 0.101. The molecule has 0 aliphatic carbocycles. The zero-order chi connectivity index (χ0) is 18.1. The Morgan fingerprint density at radius 2 is 2.04 bits per heavy atom. The Bertz CT molecular complexity index is 1040. The summed E-state index contributed by atoms with van der Waals surface area (Å²) in [5, 5.41) is 0.402. The van der Waals surface area contributed by atoms with Crippen molar-refractivity contribution in [3.8, 4) is 5.69 Å². The van der Waals surface area contributed by atoms with Crippen LogP contribution >= 0.6 is 11.6 Å². The van der Waals surface area contributed by atoms with Crippen LogP contribution in [0.25, 0.3) is 16.6 Å². The molecule has 1 atom stereocenters. The Kier molecular flexibility index (Phi) is 4.41. The van der Waals surface area contributed by atoms with Crippen molar-refractivity contribution >= 4 is 28.6 Å². The molecule has 0 fully saturated rings. The van der Waals surface area contributed by atoms with E-state index < -0.39 is 23.6 Å².